The lowest BCUT2D eigenvalue weighted by atomic mass is 9.86. The van der Waals surface area contributed by atoms with Crippen molar-refractivity contribution in [1.82, 2.24) is 4.90 Å². The number of fused-ring (bicyclic) bond motifs is 1. The van der Waals surface area contributed by atoms with Gasteiger partial charge in [-0.25, -0.2) is 14.5 Å². The zero-order valence-electron chi connectivity index (χ0n) is 17.3. The van der Waals surface area contributed by atoms with Crippen LogP contribution in [0.5, 0.6) is 0 Å². The quantitative estimate of drug-likeness (QED) is 0.827. The first kappa shape index (κ1) is 20.8. The molecule has 0 unspecified atom stereocenters. The molecule has 6 heteroatoms. The highest BCUT2D eigenvalue weighted by atomic mass is 16.6. The van der Waals surface area contributed by atoms with Gasteiger partial charge in [0.05, 0.1) is 0 Å². The Balaban J connectivity index is 1.92. The van der Waals surface area contributed by atoms with Crippen LogP contribution in [0.2, 0.25) is 0 Å². The van der Waals surface area contributed by atoms with Crippen molar-refractivity contribution in [2.75, 3.05) is 0 Å². The van der Waals surface area contributed by atoms with Crippen LogP contribution in [0.3, 0.4) is 0 Å². The minimum absolute atomic E-state index is 0.0732. The van der Waals surface area contributed by atoms with E-state index in [9.17, 15) is 19.5 Å². The van der Waals surface area contributed by atoms with Gasteiger partial charge in [-0.3, -0.25) is 4.79 Å². The van der Waals surface area contributed by atoms with E-state index >= 15 is 0 Å². The van der Waals surface area contributed by atoms with Gasteiger partial charge in [-0.2, -0.15) is 0 Å². The molecule has 0 aromatic heterocycles. The number of hydrogen-bond donors (Lipinski definition) is 1. The zero-order chi connectivity index (χ0) is 21.4. The molecule has 1 saturated heterocycles. The van der Waals surface area contributed by atoms with Crippen molar-refractivity contribution in [3.05, 3.63) is 48.0 Å². The van der Waals surface area contributed by atoms with Crippen LogP contribution >= 0.6 is 0 Å². The zero-order valence-corrected chi connectivity index (χ0v) is 17.3. The number of ether oxygens (including phenoxy) is 1. The standard InChI is InChI=1S/C23H27NO5/c1-5-23(20(26)27)14-18(19(25)24(23)21(28)29-22(2,3)4)13-15-10-11-16-8-6-7-9-17(16)12-15/h6-12,18H,5,13-14H2,1-4H3,(H,26,27)/t18-,23+/m1/s1. The molecule has 1 aliphatic rings. The first-order chi connectivity index (χ1) is 13.6. The lowest BCUT2D eigenvalue weighted by Crippen LogP contribution is -2.55. The third-order valence-corrected chi connectivity index (χ3v) is 5.44. The molecule has 1 aliphatic heterocycles. The molecule has 29 heavy (non-hydrogen) atoms. The summed E-state index contributed by atoms with van der Waals surface area (Å²) < 4.78 is 5.36. The van der Waals surface area contributed by atoms with E-state index in [2.05, 4.69) is 0 Å². The van der Waals surface area contributed by atoms with Gasteiger partial charge in [-0.15, -0.1) is 0 Å². The molecule has 3 rings (SSSR count). The van der Waals surface area contributed by atoms with Gasteiger partial charge in [0, 0.05) is 5.92 Å². The summed E-state index contributed by atoms with van der Waals surface area (Å²) in [5.41, 5.74) is -1.48. The topological polar surface area (TPSA) is 83.9 Å². The van der Waals surface area contributed by atoms with Crippen molar-refractivity contribution in [1.29, 1.82) is 0 Å². The average molecular weight is 397 g/mol. The first-order valence-corrected chi connectivity index (χ1v) is 9.85. The highest BCUT2D eigenvalue weighted by Crippen LogP contribution is 2.40. The van der Waals surface area contributed by atoms with Crippen molar-refractivity contribution in [3.63, 3.8) is 0 Å². The Morgan fingerprint density at radius 1 is 1.17 bits per heavy atom. The molecule has 0 radical (unpaired) electrons. The molecule has 0 bridgehead atoms. The summed E-state index contributed by atoms with van der Waals surface area (Å²) in [5, 5.41) is 12.1. The van der Waals surface area contributed by atoms with Gasteiger partial charge in [0.15, 0.2) is 5.54 Å². The molecule has 1 N–H and O–H groups in total. The number of rotatable bonds is 4. The molecule has 2 aromatic carbocycles. The largest absolute Gasteiger partial charge is 0.479 e. The van der Waals surface area contributed by atoms with Gasteiger partial charge in [0.25, 0.3) is 0 Å². The van der Waals surface area contributed by atoms with Crippen LogP contribution < -0.4 is 0 Å². The Morgan fingerprint density at radius 3 is 2.41 bits per heavy atom. The predicted octanol–water partition coefficient (Wildman–Crippen LogP) is 4.40. The van der Waals surface area contributed by atoms with Gasteiger partial charge in [0.1, 0.15) is 5.60 Å². The maximum Gasteiger partial charge on any atom is 0.418 e. The summed E-state index contributed by atoms with van der Waals surface area (Å²) in [6.45, 7) is 6.74. The number of carbonyl (C=O) groups is 3. The summed E-state index contributed by atoms with van der Waals surface area (Å²) in [5.74, 6) is -2.27. The van der Waals surface area contributed by atoms with E-state index in [0.29, 0.717) is 6.42 Å². The molecular weight excluding hydrogens is 370 g/mol. The number of carboxylic acids is 1. The van der Waals surface area contributed by atoms with E-state index in [1.807, 2.05) is 42.5 Å². The number of nitrogens with zero attached hydrogens (tertiary/aromatic N) is 1. The molecule has 1 fully saturated rings. The molecule has 0 aliphatic carbocycles. The number of benzene rings is 2. The number of imide groups is 1. The van der Waals surface area contributed by atoms with Crippen molar-refractivity contribution in [3.8, 4) is 0 Å². The van der Waals surface area contributed by atoms with Gasteiger partial charge < -0.3 is 9.84 Å². The molecule has 1 heterocycles. The normalized spacial score (nSPS) is 22.1. The summed E-state index contributed by atoms with van der Waals surface area (Å²) in [6.07, 6.45) is -0.323. The van der Waals surface area contributed by atoms with E-state index in [4.69, 9.17) is 4.74 Å². The van der Waals surface area contributed by atoms with Crippen LogP contribution in [0.25, 0.3) is 10.8 Å². The van der Waals surface area contributed by atoms with Crippen LogP contribution in [0.15, 0.2) is 42.5 Å². The fraction of sp³-hybridized carbons (Fsp3) is 0.435. The summed E-state index contributed by atoms with van der Waals surface area (Å²) in [4.78, 5) is 38.9. The first-order valence-electron chi connectivity index (χ1n) is 9.85. The summed E-state index contributed by atoms with van der Waals surface area (Å²) >= 11 is 0. The predicted molar refractivity (Wildman–Crippen MR) is 109 cm³/mol. The van der Waals surface area contributed by atoms with Crippen LogP contribution in [0.4, 0.5) is 4.79 Å². The fourth-order valence-electron chi connectivity index (χ4n) is 4.00. The highest BCUT2D eigenvalue weighted by Gasteiger charge is 2.58. The Morgan fingerprint density at radius 2 is 1.83 bits per heavy atom. The monoisotopic (exact) mass is 397 g/mol. The van der Waals surface area contributed by atoms with Gasteiger partial charge in [0.2, 0.25) is 5.91 Å². The fourth-order valence-corrected chi connectivity index (χ4v) is 4.00. The molecule has 0 saturated carbocycles. The Kier molecular flexibility index (Phi) is 5.39. The SMILES string of the molecule is CC[C@@]1(C(=O)O)C[C@@H](Cc2ccc3ccccc3c2)C(=O)N1C(=O)OC(C)(C)C. The van der Waals surface area contributed by atoms with Gasteiger partial charge in [-0.1, -0.05) is 49.4 Å². The minimum atomic E-state index is -1.58. The van der Waals surface area contributed by atoms with E-state index in [0.717, 1.165) is 21.2 Å². The summed E-state index contributed by atoms with van der Waals surface area (Å²) in [6, 6.07) is 13.9. The summed E-state index contributed by atoms with van der Waals surface area (Å²) in [7, 11) is 0. The average Bonchev–Trinajstić information content (AvgIpc) is 2.93. The number of hydrogen-bond acceptors (Lipinski definition) is 4. The maximum absolute atomic E-state index is 13.1. The van der Waals surface area contributed by atoms with Crippen LogP contribution in [0, 0.1) is 5.92 Å². The molecule has 6 nitrogen and oxygen atoms in total. The van der Waals surface area contributed by atoms with Crippen molar-refractivity contribution in [2.24, 2.45) is 5.92 Å². The Labute approximate surface area is 170 Å². The highest BCUT2D eigenvalue weighted by molar-refractivity contribution is 6.02. The van der Waals surface area contributed by atoms with Crippen LogP contribution in [0.1, 0.15) is 46.1 Å². The second-order valence-corrected chi connectivity index (χ2v) is 8.63. The van der Waals surface area contributed by atoms with E-state index in [1.54, 1.807) is 27.7 Å². The number of aliphatic carboxylic acids is 1. The van der Waals surface area contributed by atoms with Gasteiger partial charge >= 0.3 is 12.1 Å². The van der Waals surface area contributed by atoms with Gasteiger partial charge in [-0.05, 0) is 56.4 Å². The lowest BCUT2D eigenvalue weighted by Gasteiger charge is -2.33. The van der Waals surface area contributed by atoms with E-state index in [-0.39, 0.29) is 12.8 Å². The second kappa shape index (κ2) is 7.50. The lowest BCUT2D eigenvalue weighted by molar-refractivity contribution is -0.153. The third kappa shape index (κ3) is 3.97. The van der Waals surface area contributed by atoms with Crippen LogP contribution in [-0.2, 0) is 20.7 Å². The molecule has 0 spiro atoms. The van der Waals surface area contributed by atoms with E-state index in [1.165, 1.54) is 0 Å². The molecule has 154 valence electrons. The third-order valence-electron chi connectivity index (χ3n) is 5.44. The number of carbonyl (C=O) groups excluding carboxylic acids is 2. The van der Waals surface area contributed by atoms with Crippen LogP contribution in [-0.4, -0.2) is 39.1 Å². The molecular formula is C23H27NO5. The maximum atomic E-state index is 13.1. The minimum Gasteiger partial charge on any atom is -0.479 e. The number of carboxylic acid groups (broad SMARTS) is 1. The molecule has 2 aromatic rings. The van der Waals surface area contributed by atoms with Crippen molar-refractivity contribution in [2.45, 2.75) is 58.1 Å². The molecule has 2 amide bonds. The Hall–Kier alpha value is -2.89. The number of likely N-dealkylation sites (tertiary alicyclic amines) is 1. The van der Waals surface area contributed by atoms with Crippen molar-refractivity contribution < 1.29 is 24.2 Å². The molecule has 2 atom stereocenters. The van der Waals surface area contributed by atoms with Crippen molar-refractivity contribution >= 4 is 28.7 Å². The van der Waals surface area contributed by atoms with E-state index < -0.39 is 35.0 Å². The smallest absolute Gasteiger partial charge is 0.418 e. The second-order valence-electron chi connectivity index (χ2n) is 8.63. The number of amides is 2. The Bertz CT molecular complexity index is 961.